The molecule has 0 fully saturated rings. The summed E-state index contributed by atoms with van der Waals surface area (Å²) in [5.74, 6) is -0.503. The number of aromatic hydroxyl groups is 1. The van der Waals surface area contributed by atoms with Crippen LogP contribution >= 0.6 is 0 Å². The number of hydrogen-bond acceptors (Lipinski definition) is 5. The van der Waals surface area contributed by atoms with Crippen LogP contribution in [0.3, 0.4) is 0 Å². The Morgan fingerprint density at radius 1 is 1.25 bits per heavy atom. The van der Waals surface area contributed by atoms with Gasteiger partial charge in [0.1, 0.15) is 11.6 Å². The molecule has 0 radical (unpaired) electrons. The summed E-state index contributed by atoms with van der Waals surface area (Å²) in [5, 5.41) is 16.1. The van der Waals surface area contributed by atoms with E-state index >= 15 is 0 Å². The summed E-state index contributed by atoms with van der Waals surface area (Å²) in [6.45, 7) is 3.52. The van der Waals surface area contributed by atoms with E-state index in [2.05, 4.69) is 20.8 Å². The lowest BCUT2D eigenvalue weighted by atomic mass is 10.2. The number of amides is 2. The molecular weight excluding hydrogens is 308 g/mol. The van der Waals surface area contributed by atoms with Gasteiger partial charge in [0.05, 0.1) is 12.0 Å². The number of para-hydroxylation sites is 1. The monoisotopic (exact) mass is 326 g/mol. The van der Waals surface area contributed by atoms with Crippen molar-refractivity contribution in [2.24, 2.45) is 5.10 Å². The number of aromatic nitrogens is 1. The maximum absolute atomic E-state index is 11.9. The van der Waals surface area contributed by atoms with Crippen molar-refractivity contribution in [2.75, 3.05) is 5.32 Å². The van der Waals surface area contributed by atoms with E-state index in [1.807, 2.05) is 13.0 Å². The summed E-state index contributed by atoms with van der Waals surface area (Å²) in [4.78, 5) is 27.9. The van der Waals surface area contributed by atoms with Crippen LogP contribution in [0.5, 0.6) is 5.75 Å². The quantitative estimate of drug-likeness (QED) is 0.579. The molecule has 0 aliphatic carbocycles. The summed E-state index contributed by atoms with van der Waals surface area (Å²) in [6, 6.07) is 9.72. The molecule has 1 aromatic carbocycles. The molecule has 3 N–H and O–H groups in total. The zero-order chi connectivity index (χ0) is 17.5. The van der Waals surface area contributed by atoms with Gasteiger partial charge in [-0.05, 0) is 43.7 Å². The maximum Gasteiger partial charge on any atom is 0.275 e. The first-order valence-corrected chi connectivity index (χ1v) is 7.29. The van der Waals surface area contributed by atoms with Gasteiger partial charge in [-0.25, -0.2) is 10.4 Å². The third kappa shape index (κ3) is 4.91. The number of phenols is 1. The zero-order valence-corrected chi connectivity index (χ0v) is 13.4. The van der Waals surface area contributed by atoms with Crippen molar-refractivity contribution in [3.8, 4) is 5.75 Å². The number of pyridine rings is 1. The highest BCUT2D eigenvalue weighted by Gasteiger charge is 2.10. The molecular formula is C17H18N4O3. The molecule has 24 heavy (non-hydrogen) atoms. The fourth-order valence-electron chi connectivity index (χ4n) is 1.94. The van der Waals surface area contributed by atoms with E-state index in [1.54, 1.807) is 31.3 Å². The highest BCUT2D eigenvalue weighted by atomic mass is 16.3. The van der Waals surface area contributed by atoms with Crippen LogP contribution in [0.15, 0.2) is 47.7 Å². The predicted octanol–water partition coefficient (Wildman–Crippen LogP) is 2.23. The van der Waals surface area contributed by atoms with Crippen LogP contribution in [0, 0.1) is 6.92 Å². The molecule has 124 valence electrons. The van der Waals surface area contributed by atoms with Crippen molar-refractivity contribution in [1.82, 2.24) is 10.4 Å². The van der Waals surface area contributed by atoms with Crippen molar-refractivity contribution in [3.05, 3.63) is 53.7 Å². The molecule has 2 amide bonds. The van der Waals surface area contributed by atoms with Crippen molar-refractivity contribution in [2.45, 2.75) is 20.3 Å². The molecule has 0 atom stereocenters. The Bertz CT molecular complexity index is 787. The van der Waals surface area contributed by atoms with Crippen LogP contribution in [-0.2, 0) is 4.79 Å². The predicted molar refractivity (Wildman–Crippen MR) is 90.9 cm³/mol. The van der Waals surface area contributed by atoms with E-state index in [9.17, 15) is 14.7 Å². The molecule has 1 heterocycles. The third-order valence-electron chi connectivity index (χ3n) is 3.10. The Morgan fingerprint density at radius 3 is 2.71 bits per heavy atom. The third-order valence-corrected chi connectivity index (χ3v) is 3.10. The Kier molecular flexibility index (Phi) is 5.62. The minimum atomic E-state index is -0.548. The van der Waals surface area contributed by atoms with Gasteiger partial charge in [0.15, 0.2) is 0 Å². The topological polar surface area (TPSA) is 104 Å². The Hall–Kier alpha value is -3.22. The molecule has 0 aliphatic heterocycles. The first-order valence-electron chi connectivity index (χ1n) is 7.29. The average molecular weight is 326 g/mol. The van der Waals surface area contributed by atoms with Crippen LogP contribution in [-0.4, -0.2) is 27.6 Å². The van der Waals surface area contributed by atoms with Gasteiger partial charge in [-0.2, -0.15) is 5.10 Å². The van der Waals surface area contributed by atoms with Crippen molar-refractivity contribution >= 4 is 23.3 Å². The van der Waals surface area contributed by atoms with Gasteiger partial charge < -0.3 is 10.4 Å². The fourth-order valence-corrected chi connectivity index (χ4v) is 1.94. The lowest BCUT2D eigenvalue weighted by molar-refractivity contribution is -0.115. The average Bonchev–Trinajstić information content (AvgIpc) is 2.53. The lowest BCUT2D eigenvalue weighted by Gasteiger charge is -2.06. The molecule has 0 unspecified atom stereocenters. The van der Waals surface area contributed by atoms with E-state index in [1.165, 1.54) is 12.1 Å². The maximum atomic E-state index is 11.9. The molecule has 0 saturated carbocycles. The summed E-state index contributed by atoms with van der Waals surface area (Å²) < 4.78 is 0. The number of carbonyl (C=O) groups excluding carboxylic acids is 2. The van der Waals surface area contributed by atoms with Crippen LogP contribution in [0.1, 0.15) is 29.3 Å². The van der Waals surface area contributed by atoms with Gasteiger partial charge >= 0.3 is 0 Å². The molecule has 7 nitrogen and oxygen atoms in total. The van der Waals surface area contributed by atoms with Crippen LogP contribution in [0.25, 0.3) is 0 Å². The summed E-state index contributed by atoms with van der Waals surface area (Å²) >= 11 is 0. The van der Waals surface area contributed by atoms with Crippen LogP contribution in [0.4, 0.5) is 5.82 Å². The number of nitrogens with zero attached hydrogens (tertiary/aromatic N) is 2. The number of anilines is 1. The molecule has 7 heteroatoms. The molecule has 0 spiro atoms. The second-order valence-electron chi connectivity index (χ2n) is 5.25. The van der Waals surface area contributed by atoms with E-state index in [0.29, 0.717) is 11.5 Å². The smallest absolute Gasteiger partial charge is 0.275 e. The number of hydrazone groups is 1. The summed E-state index contributed by atoms with van der Waals surface area (Å²) in [5.41, 5.74) is 3.83. The minimum absolute atomic E-state index is 0.0106. The number of rotatable bonds is 5. The van der Waals surface area contributed by atoms with Crippen LogP contribution < -0.4 is 10.7 Å². The van der Waals surface area contributed by atoms with Crippen LogP contribution in [0.2, 0.25) is 0 Å². The molecule has 2 aromatic rings. The van der Waals surface area contributed by atoms with Crippen molar-refractivity contribution in [1.29, 1.82) is 0 Å². The van der Waals surface area contributed by atoms with E-state index in [0.717, 1.165) is 5.56 Å². The number of benzene rings is 1. The highest BCUT2D eigenvalue weighted by Crippen LogP contribution is 2.14. The van der Waals surface area contributed by atoms with Gasteiger partial charge in [0, 0.05) is 11.9 Å². The summed E-state index contributed by atoms with van der Waals surface area (Å²) in [7, 11) is 0. The molecule has 0 saturated heterocycles. The molecule has 2 rings (SSSR count). The zero-order valence-electron chi connectivity index (χ0n) is 13.4. The van der Waals surface area contributed by atoms with E-state index < -0.39 is 5.91 Å². The van der Waals surface area contributed by atoms with Crippen molar-refractivity contribution in [3.63, 3.8) is 0 Å². The van der Waals surface area contributed by atoms with Gasteiger partial charge in [-0.3, -0.25) is 9.59 Å². The number of phenolic OH excluding ortho intramolecular Hbond substituents is 1. The highest BCUT2D eigenvalue weighted by molar-refractivity contribution is 6.06. The molecule has 0 aliphatic rings. The second-order valence-corrected chi connectivity index (χ2v) is 5.25. The minimum Gasteiger partial charge on any atom is -0.507 e. The number of carbonyl (C=O) groups is 2. The Morgan fingerprint density at radius 2 is 2.00 bits per heavy atom. The summed E-state index contributed by atoms with van der Waals surface area (Å²) in [6.07, 6.45) is 1.62. The van der Waals surface area contributed by atoms with Gasteiger partial charge in [-0.1, -0.05) is 12.1 Å². The van der Waals surface area contributed by atoms with Gasteiger partial charge in [-0.15, -0.1) is 0 Å². The van der Waals surface area contributed by atoms with Gasteiger partial charge in [0.2, 0.25) is 5.91 Å². The number of nitrogens with one attached hydrogen (secondary N) is 2. The standard InChI is InChI=1S/C17H18N4O3/c1-11-7-8-18-15(9-11)19-16(23)10-12(2)20-21-17(24)13-5-3-4-6-14(13)22/h3-9,22H,10H2,1-2H3,(H,21,24)(H,18,19,23)/b20-12+. The van der Waals surface area contributed by atoms with E-state index in [4.69, 9.17) is 0 Å². The second kappa shape index (κ2) is 7.87. The lowest BCUT2D eigenvalue weighted by Crippen LogP contribution is -2.21. The largest absolute Gasteiger partial charge is 0.507 e. The Labute approximate surface area is 139 Å². The van der Waals surface area contributed by atoms with E-state index in [-0.39, 0.29) is 23.6 Å². The number of hydrogen-bond donors (Lipinski definition) is 3. The first-order chi connectivity index (χ1) is 11.5. The fraction of sp³-hybridized carbons (Fsp3) is 0.176. The first kappa shape index (κ1) is 17.1. The SMILES string of the molecule is C/C(CC(=O)Nc1cc(C)ccn1)=N\NC(=O)c1ccccc1O. The Balaban J connectivity index is 1.90. The number of aryl methyl sites for hydroxylation is 1. The van der Waals surface area contributed by atoms with Crippen molar-refractivity contribution < 1.29 is 14.7 Å². The molecule has 1 aromatic heterocycles. The van der Waals surface area contributed by atoms with Gasteiger partial charge in [0.25, 0.3) is 5.91 Å². The normalized spacial score (nSPS) is 11.0. The molecule has 0 bridgehead atoms.